The lowest BCUT2D eigenvalue weighted by atomic mass is 10.6. The average Bonchev–Trinajstić information content (AvgIpc) is 1.64. The number of rotatable bonds is 2. The fourth-order valence-electron chi connectivity index (χ4n) is 0.167. The third-order valence-corrected chi connectivity index (χ3v) is 1.22. The molecular formula is C5H5F3S. The summed E-state index contributed by atoms with van der Waals surface area (Å²) in [6.45, 7) is 5.90. The van der Waals surface area contributed by atoms with Gasteiger partial charge in [-0.15, -0.1) is 0 Å². The van der Waals surface area contributed by atoms with Gasteiger partial charge in [0.05, 0.1) is 4.91 Å². The lowest BCUT2D eigenvalue weighted by Gasteiger charge is -2.04. The van der Waals surface area contributed by atoms with Crippen LogP contribution in [0.3, 0.4) is 0 Å². The van der Waals surface area contributed by atoms with Crippen molar-refractivity contribution < 1.29 is 13.2 Å². The standard InChI is InChI=1S/C5H5F3S/c1-3-9-4(2)5(6,7)8/h3H,1-2H2. The molecule has 0 aliphatic carbocycles. The van der Waals surface area contributed by atoms with E-state index in [4.69, 9.17) is 0 Å². The summed E-state index contributed by atoms with van der Waals surface area (Å²) in [6.07, 6.45) is -4.29. The molecule has 0 aromatic carbocycles. The highest BCUT2D eigenvalue weighted by molar-refractivity contribution is 8.05. The Balaban J connectivity index is 3.88. The largest absolute Gasteiger partial charge is 0.422 e. The monoisotopic (exact) mass is 154 g/mol. The second kappa shape index (κ2) is 2.96. The number of thioether (sulfide) groups is 1. The molecule has 0 radical (unpaired) electrons. The van der Waals surface area contributed by atoms with Gasteiger partial charge in [0.1, 0.15) is 0 Å². The highest BCUT2D eigenvalue weighted by Gasteiger charge is 2.31. The maximum Gasteiger partial charge on any atom is 0.422 e. The molecule has 0 bridgehead atoms. The zero-order chi connectivity index (χ0) is 7.49. The third-order valence-electron chi connectivity index (χ3n) is 0.542. The molecule has 0 aliphatic heterocycles. The van der Waals surface area contributed by atoms with Crippen molar-refractivity contribution in [1.29, 1.82) is 0 Å². The second-order valence-corrected chi connectivity index (χ2v) is 2.27. The van der Waals surface area contributed by atoms with Gasteiger partial charge >= 0.3 is 6.18 Å². The summed E-state index contributed by atoms with van der Waals surface area (Å²) in [5, 5.41) is 1.09. The molecule has 0 unspecified atom stereocenters. The van der Waals surface area contributed by atoms with E-state index in [1.807, 2.05) is 0 Å². The zero-order valence-corrected chi connectivity index (χ0v) is 5.35. The van der Waals surface area contributed by atoms with E-state index in [1.165, 1.54) is 0 Å². The Kier molecular flexibility index (Phi) is 2.84. The normalized spacial score (nSPS) is 11.0. The van der Waals surface area contributed by atoms with Gasteiger partial charge in [-0.05, 0) is 5.41 Å². The Hall–Kier alpha value is -0.380. The molecule has 0 N–H and O–H groups in total. The Morgan fingerprint density at radius 3 is 2.00 bits per heavy atom. The van der Waals surface area contributed by atoms with Crippen LogP contribution in [0.1, 0.15) is 0 Å². The molecule has 52 valence electrons. The Morgan fingerprint density at radius 2 is 1.89 bits per heavy atom. The third kappa shape index (κ3) is 3.24. The van der Waals surface area contributed by atoms with Gasteiger partial charge in [-0.3, -0.25) is 0 Å². The number of hydrogen-bond donors (Lipinski definition) is 0. The first-order valence-corrected chi connectivity index (χ1v) is 2.90. The summed E-state index contributed by atoms with van der Waals surface area (Å²) in [6, 6.07) is 0. The minimum Gasteiger partial charge on any atom is -0.166 e. The predicted octanol–water partition coefficient (Wildman–Crippen LogP) is 2.94. The zero-order valence-electron chi connectivity index (χ0n) is 4.53. The molecule has 0 saturated heterocycles. The van der Waals surface area contributed by atoms with E-state index in [0.717, 1.165) is 5.41 Å². The summed E-state index contributed by atoms with van der Waals surface area (Å²) < 4.78 is 34.4. The van der Waals surface area contributed by atoms with Crippen molar-refractivity contribution in [1.82, 2.24) is 0 Å². The quantitative estimate of drug-likeness (QED) is 0.589. The lowest BCUT2D eigenvalue weighted by molar-refractivity contribution is -0.0832. The van der Waals surface area contributed by atoms with Gasteiger partial charge in [0.25, 0.3) is 0 Å². The fraction of sp³-hybridized carbons (Fsp3) is 0.200. The van der Waals surface area contributed by atoms with E-state index >= 15 is 0 Å². The van der Waals surface area contributed by atoms with Crippen molar-refractivity contribution in [3.63, 3.8) is 0 Å². The molecule has 0 rings (SSSR count). The van der Waals surface area contributed by atoms with Gasteiger partial charge in [-0.25, -0.2) is 0 Å². The number of hydrogen-bond acceptors (Lipinski definition) is 1. The van der Waals surface area contributed by atoms with Crippen LogP contribution >= 0.6 is 11.8 Å². The summed E-state index contributed by atoms with van der Waals surface area (Å²) >= 11 is 0.483. The maximum atomic E-state index is 11.5. The molecule has 0 atom stereocenters. The van der Waals surface area contributed by atoms with E-state index in [2.05, 4.69) is 13.2 Å². The van der Waals surface area contributed by atoms with Gasteiger partial charge in [0.15, 0.2) is 0 Å². The maximum absolute atomic E-state index is 11.5. The van der Waals surface area contributed by atoms with Crippen molar-refractivity contribution in [3.05, 3.63) is 23.5 Å². The van der Waals surface area contributed by atoms with Gasteiger partial charge in [0, 0.05) is 0 Å². The Labute approximate surface area is 55.4 Å². The Bertz CT molecular complexity index is 125. The van der Waals surface area contributed by atoms with Crippen molar-refractivity contribution in [2.45, 2.75) is 6.18 Å². The topological polar surface area (TPSA) is 0 Å². The smallest absolute Gasteiger partial charge is 0.166 e. The van der Waals surface area contributed by atoms with E-state index < -0.39 is 11.1 Å². The molecule has 0 aliphatic rings. The SMILES string of the molecule is C=CSC(=C)C(F)(F)F. The molecule has 0 amide bonds. The van der Waals surface area contributed by atoms with Crippen LogP contribution in [0, 0.1) is 0 Å². The lowest BCUT2D eigenvalue weighted by Crippen LogP contribution is -2.06. The molecule has 0 saturated carbocycles. The number of allylic oxidation sites excluding steroid dienone is 1. The van der Waals surface area contributed by atoms with E-state index in [0.29, 0.717) is 11.8 Å². The second-order valence-electron chi connectivity index (χ2n) is 1.21. The minimum absolute atomic E-state index is 0.483. The Morgan fingerprint density at radius 1 is 1.44 bits per heavy atom. The average molecular weight is 154 g/mol. The first kappa shape index (κ1) is 8.62. The van der Waals surface area contributed by atoms with Crippen molar-refractivity contribution >= 4 is 11.8 Å². The van der Waals surface area contributed by atoms with Gasteiger partial charge in [-0.1, -0.05) is 24.9 Å². The molecule has 0 aromatic heterocycles. The summed E-state index contributed by atoms with van der Waals surface area (Å²) in [4.78, 5) is -0.836. The van der Waals surface area contributed by atoms with Gasteiger partial charge in [-0.2, -0.15) is 13.2 Å². The molecule has 0 aromatic rings. The highest BCUT2D eigenvalue weighted by Crippen LogP contribution is 2.32. The molecular weight excluding hydrogens is 149 g/mol. The summed E-state index contributed by atoms with van der Waals surface area (Å²) in [5.41, 5.74) is 0. The van der Waals surface area contributed by atoms with Crippen molar-refractivity contribution in [2.24, 2.45) is 0 Å². The van der Waals surface area contributed by atoms with Gasteiger partial charge in [0.2, 0.25) is 0 Å². The van der Waals surface area contributed by atoms with Crippen LogP contribution in [0.2, 0.25) is 0 Å². The van der Waals surface area contributed by atoms with E-state index in [-0.39, 0.29) is 0 Å². The molecule has 9 heavy (non-hydrogen) atoms. The first-order chi connectivity index (χ1) is 3.98. The number of alkyl halides is 3. The molecule has 4 heteroatoms. The van der Waals surface area contributed by atoms with Crippen LogP contribution < -0.4 is 0 Å². The van der Waals surface area contributed by atoms with Crippen LogP contribution in [0.15, 0.2) is 23.5 Å². The first-order valence-electron chi connectivity index (χ1n) is 2.02. The molecule has 0 spiro atoms. The highest BCUT2D eigenvalue weighted by atomic mass is 32.2. The molecule has 0 nitrogen and oxygen atoms in total. The molecule has 0 heterocycles. The minimum atomic E-state index is -4.29. The van der Waals surface area contributed by atoms with Crippen LogP contribution in [-0.2, 0) is 0 Å². The van der Waals surface area contributed by atoms with Crippen LogP contribution in [0.4, 0.5) is 13.2 Å². The van der Waals surface area contributed by atoms with Crippen molar-refractivity contribution in [3.8, 4) is 0 Å². The van der Waals surface area contributed by atoms with Gasteiger partial charge < -0.3 is 0 Å². The van der Waals surface area contributed by atoms with E-state index in [1.54, 1.807) is 0 Å². The predicted molar refractivity (Wildman–Crippen MR) is 33.0 cm³/mol. The van der Waals surface area contributed by atoms with Crippen LogP contribution in [0.5, 0.6) is 0 Å². The fourth-order valence-corrected chi connectivity index (χ4v) is 0.502. The van der Waals surface area contributed by atoms with Crippen LogP contribution in [0.25, 0.3) is 0 Å². The van der Waals surface area contributed by atoms with E-state index in [9.17, 15) is 13.2 Å². The van der Waals surface area contributed by atoms with Crippen molar-refractivity contribution in [2.75, 3.05) is 0 Å². The van der Waals surface area contributed by atoms with Crippen LogP contribution in [-0.4, -0.2) is 6.18 Å². The number of halogens is 3. The summed E-state index contributed by atoms with van der Waals surface area (Å²) in [5.74, 6) is 0. The molecule has 0 fully saturated rings. The summed E-state index contributed by atoms with van der Waals surface area (Å²) in [7, 11) is 0.